The summed E-state index contributed by atoms with van der Waals surface area (Å²) in [6, 6.07) is 9.97. The van der Waals surface area contributed by atoms with Crippen molar-refractivity contribution in [2.75, 3.05) is 26.7 Å². The molecule has 5 nitrogen and oxygen atoms in total. The molecule has 2 N–H and O–H groups in total. The summed E-state index contributed by atoms with van der Waals surface area (Å²) >= 11 is 0. The summed E-state index contributed by atoms with van der Waals surface area (Å²) < 4.78 is 5.55. The molecule has 0 aromatic heterocycles. The number of hydrogen-bond acceptors (Lipinski definition) is 4. The van der Waals surface area contributed by atoms with Gasteiger partial charge in [-0.15, -0.1) is 0 Å². The Kier molecular flexibility index (Phi) is 5.38. The molecule has 1 aliphatic rings. The highest BCUT2D eigenvalue weighted by Crippen LogP contribution is 2.11. The van der Waals surface area contributed by atoms with E-state index in [9.17, 15) is 4.79 Å². The van der Waals surface area contributed by atoms with E-state index in [-0.39, 0.29) is 5.91 Å². The van der Waals surface area contributed by atoms with Crippen LogP contribution in [0, 0.1) is 5.92 Å². The number of nitrogens with one attached hydrogen (secondary N) is 2. The maximum Gasteiger partial charge on any atom is 0.225 e. The molecule has 0 saturated carbocycles. The van der Waals surface area contributed by atoms with E-state index in [1.807, 2.05) is 37.4 Å². The van der Waals surface area contributed by atoms with Crippen LogP contribution in [0.3, 0.4) is 0 Å². The fourth-order valence-corrected chi connectivity index (χ4v) is 2.29. The van der Waals surface area contributed by atoms with Crippen LogP contribution in [-0.4, -0.2) is 43.6 Å². The number of amides is 1. The van der Waals surface area contributed by atoms with Gasteiger partial charge in [0.05, 0.1) is 13.0 Å². The van der Waals surface area contributed by atoms with Gasteiger partial charge >= 0.3 is 0 Å². The number of para-hydroxylation sites is 1. The second-order valence-corrected chi connectivity index (χ2v) is 5.26. The summed E-state index contributed by atoms with van der Waals surface area (Å²) in [6.07, 6.45) is 0.410. The Bertz CT molecular complexity index is 424. The number of hydrazine groups is 1. The van der Waals surface area contributed by atoms with Crippen LogP contribution in [0.4, 0.5) is 0 Å². The van der Waals surface area contributed by atoms with Crippen LogP contribution in [0.1, 0.15) is 13.3 Å². The lowest BCUT2D eigenvalue weighted by molar-refractivity contribution is -0.130. The van der Waals surface area contributed by atoms with Crippen LogP contribution in [0.2, 0.25) is 0 Å². The van der Waals surface area contributed by atoms with E-state index in [2.05, 4.69) is 17.8 Å². The zero-order valence-electron chi connectivity index (χ0n) is 12.1. The van der Waals surface area contributed by atoms with Gasteiger partial charge < -0.3 is 9.64 Å². The van der Waals surface area contributed by atoms with Crippen LogP contribution in [-0.2, 0) is 4.79 Å². The molecule has 2 atom stereocenters. The minimum absolute atomic E-state index is 0.125. The van der Waals surface area contributed by atoms with Crippen LogP contribution in [0.5, 0.6) is 5.75 Å². The fourth-order valence-electron chi connectivity index (χ4n) is 2.29. The number of rotatable bonds is 6. The van der Waals surface area contributed by atoms with E-state index in [0.717, 1.165) is 18.8 Å². The van der Waals surface area contributed by atoms with E-state index in [1.54, 1.807) is 4.90 Å². The van der Waals surface area contributed by atoms with Crippen molar-refractivity contribution in [3.8, 4) is 5.75 Å². The van der Waals surface area contributed by atoms with E-state index in [4.69, 9.17) is 4.74 Å². The molecular weight excluding hydrogens is 254 g/mol. The predicted octanol–water partition coefficient (Wildman–Crippen LogP) is 1.03. The van der Waals surface area contributed by atoms with Gasteiger partial charge in [-0.05, 0) is 19.1 Å². The smallest absolute Gasteiger partial charge is 0.225 e. The molecule has 1 fully saturated rings. The lowest BCUT2D eigenvalue weighted by atomic mass is 10.0. The largest absolute Gasteiger partial charge is 0.493 e. The number of carbonyl (C=O) groups is 1. The first-order chi connectivity index (χ1) is 9.66. The molecule has 2 rings (SSSR count). The quantitative estimate of drug-likeness (QED) is 0.815. The third-order valence-corrected chi connectivity index (χ3v) is 3.66. The van der Waals surface area contributed by atoms with E-state index in [0.29, 0.717) is 25.0 Å². The summed E-state index contributed by atoms with van der Waals surface area (Å²) in [5, 5.41) is 0. The molecule has 1 heterocycles. The average Bonchev–Trinajstić information content (AvgIpc) is 2.85. The summed E-state index contributed by atoms with van der Waals surface area (Å²) in [7, 11) is 1.86. The highest BCUT2D eigenvalue weighted by Gasteiger charge is 2.25. The Morgan fingerprint density at radius 1 is 1.40 bits per heavy atom. The standard InChI is InChI=1S/C15H23N3O2/c1-12-13(10-16-17-12)11-18(2)15(19)8-9-20-14-6-4-3-5-7-14/h3-7,12-13,16-17H,8-11H2,1-2H3. The topological polar surface area (TPSA) is 53.6 Å². The molecule has 1 aromatic rings. The Morgan fingerprint density at radius 2 is 2.15 bits per heavy atom. The second-order valence-electron chi connectivity index (χ2n) is 5.26. The molecule has 110 valence electrons. The van der Waals surface area contributed by atoms with Gasteiger partial charge in [-0.25, -0.2) is 0 Å². The van der Waals surface area contributed by atoms with Gasteiger partial charge in [0.2, 0.25) is 5.91 Å². The summed E-state index contributed by atoms with van der Waals surface area (Å²) in [5.41, 5.74) is 6.28. The zero-order valence-corrected chi connectivity index (χ0v) is 12.1. The molecule has 5 heteroatoms. The van der Waals surface area contributed by atoms with Crippen molar-refractivity contribution in [2.24, 2.45) is 5.92 Å². The van der Waals surface area contributed by atoms with Gasteiger partial charge in [-0.3, -0.25) is 15.6 Å². The summed E-state index contributed by atoms with van der Waals surface area (Å²) in [6.45, 7) is 4.22. The summed E-state index contributed by atoms with van der Waals surface area (Å²) in [5.74, 6) is 1.39. The van der Waals surface area contributed by atoms with Crippen LogP contribution >= 0.6 is 0 Å². The first kappa shape index (κ1) is 14.8. The number of ether oxygens (including phenoxy) is 1. The van der Waals surface area contributed by atoms with Crippen molar-refractivity contribution < 1.29 is 9.53 Å². The van der Waals surface area contributed by atoms with Crippen molar-refractivity contribution in [2.45, 2.75) is 19.4 Å². The van der Waals surface area contributed by atoms with Crippen molar-refractivity contribution in [1.82, 2.24) is 15.8 Å². The van der Waals surface area contributed by atoms with Gasteiger partial charge in [-0.2, -0.15) is 0 Å². The number of nitrogens with zero attached hydrogens (tertiary/aromatic N) is 1. The van der Waals surface area contributed by atoms with Crippen molar-refractivity contribution in [1.29, 1.82) is 0 Å². The maximum atomic E-state index is 12.0. The Labute approximate surface area is 120 Å². The predicted molar refractivity (Wildman–Crippen MR) is 78.3 cm³/mol. The lowest BCUT2D eigenvalue weighted by Crippen LogP contribution is -2.37. The second kappa shape index (κ2) is 7.26. The minimum atomic E-state index is 0.125. The van der Waals surface area contributed by atoms with Crippen LogP contribution in [0.15, 0.2) is 30.3 Å². The molecule has 0 bridgehead atoms. The molecule has 20 heavy (non-hydrogen) atoms. The third kappa shape index (κ3) is 4.21. The van der Waals surface area contributed by atoms with E-state index >= 15 is 0 Å². The zero-order chi connectivity index (χ0) is 14.4. The molecule has 1 amide bonds. The van der Waals surface area contributed by atoms with Crippen LogP contribution < -0.4 is 15.6 Å². The lowest BCUT2D eigenvalue weighted by Gasteiger charge is -2.23. The monoisotopic (exact) mass is 277 g/mol. The average molecular weight is 277 g/mol. The molecular formula is C15H23N3O2. The van der Waals surface area contributed by atoms with Gasteiger partial charge in [0.15, 0.2) is 0 Å². The van der Waals surface area contributed by atoms with Gasteiger partial charge in [0, 0.05) is 32.1 Å². The number of benzene rings is 1. The molecule has 1 saturated heterocycles. The first-order valence-corrected chi connectivity index (χ1v) is 7.07. The molecule has 0 aliphatic carbocycles. The van der Waals surface area contributed by atoms with Gasteiger partial charge in [0.25, 0.3) is 0 Å². The van der Waals surface area contributed by atoms with Gasteiger partial charge in [0.1, 0.15) is 5.75 Å². The minimum Gasteiger partial charge on any atom is -0.493 e. The molecule has 0 radical (unpaired) electrons. The van der Waals surface area contributed by atoms with Crippen molar-refractivity contribution >= 4 is 5.91 Å². The highest BCUT2D eigenvalue weighted by atomic mass is 16.5. The Morgan fingerprint density at radius 3 is 2.80 bits per heavy atom. The molecule has 1 aromatic carbocycles. The normalized spacial score (nSPS) is 21.7. The maximum absolute atomic E-state index is 12.0. The first-order valence-electron chi connectivity index (χ1n) is 7.07. The Balaban J connectivity index is 1.68. The SMILES string of the molecule is CC1NNCC1CN(C)C(=O)CCOc1ccccc1. The molecule has 0 spiro atoms. The molecule has 2 unspecified atom stereocenters. The Hall–Kier alpha value is -1.59. The van der Waals surface area contributed by atoms with Crippen molar-refractivity contribution in [3.05, 3.63) is 30.3 Å². The fraction of sp³-hybridized carbons (Fsp3) is 0.533. The van der Waals surface area contributed by atoms with E-state index < -0.39 is 0 Å². The number of carbonyl (C=O) groups excluding carboxylic acids is 1. The van der Waals surface area contributed by atoms with Crippen molar-refractivity contribution in [3.63, 3.8) is 0 Å². The van der Waals surface area contributed by atoms with Crippen LogP contribution in [0.25, 0.3) is 0 Å². The van der Waals surface area contributed by atoms with Gasteiger partial charge in [-0.1, -0.05) is 18.2 Å². The highest BCUT2D eigenvalue weighted by molar-refractivity contribution is 5.76. The molecule has 1 aliphatic heterocycles. The summed E-state index contributed by atoms with van der Waals surface area (Å²) in [4.78, 5) is 13.8. The number of hydrogen-bond donors (Lipinski definition) is 2. The third-order valence-electron chi connectivity index (χ3n) is 3.66. The van der Waals surface area contributed by atoms with E-state index in [1.165, 1.54) is 0 Å².